The van der Waals surface area contributed by atoms with Gasteiger partial charge in [0.15, 0.2) is 0 Å². The molecule has 0 radical (unpaired) electrons. The molecule has 104 valence electrons. The van der Waals surface area contributed by atoms with Crippen molar-refractivity contribution in [2.24, 2.45) is 0 Å². The number of benzene rings is 2. The lowest BCUT2D eigenvalue weighted by Crippen LogP contribution is -2.04. The first-order valence-electron chi connectivity index (χ1n) is 5.85. The van der Waals surface area contributed by atoms with Crippen molar-refractivity contribution in [3.63, 3.8) is 0 Å². The van der Waals surface area contributed by atoms with Crippen LogP contribution in [0.25, 0.3) is 16.7 Å². The molecular formula is C14H7Cl2FN4. The molecule has 0 unspecified atom stereocenters. The van der Waals surface area contributed by atoms with E-state index in [0.717, 1.165) is 0 Å². The summed E-state index contributed by atoms with van der Waals surface area (Å²) in [5.74, 6) is -0.512. The molecular weight excluding hydrogens is 314 g/mol. The second kappa shape index (κ2) is 4.92. The summed E-state index contributed by atoms with van der Waals surface area (Å²) in [6.45, 7) is 0. The van der Waals surface area contributed by atoms with E-state index < -0.39 is 5.82 Å². The molecule has 2 aromatic carbocycles. The number of nitrogens with two attached hydrogens (primary N) is 1. The smallest absolute Gasteiger partial charge is 0.205 e. The van der Waals surface area contributed by atoms with E-state index in [9.17, 15) is 4.39 Å². The Bertz CT molecular complexity index is 911. The first kappa shape index (κ1) is 13.7. The Morgan fingerprint density at radius 3 is 2.67 bits per heavy atom. The Labute approximate surface area is 129 Å². The lowest BCUT2D eigenvalue weighted by atomic mass is 10.1. The van der Waals surface area contributed by atoms with Crippen LogP contribution in [0.4, 0.5) is 10.3 Å². The summed E-state index contributed by atoms with van der Waals surface area (Å²) in [6, 6.07) is 9.27. The van der Waals surface area contributed by atoms with E-state index in [4.69, 9.17) is 34.2 Å². The zero-order valence-electron chi connectivity index (χ0n) is 10.4. The average molecular weight is 321 g/mol. The van der Waals surface area contributed by atoms with Gasteiger partial charge in [-0.25, -0.2) is 9.37 Å². The highest BCUT2D eigenvalue weighted by Crippen LogP contribution is 2.32. The molecule has 0 saturated heterocycles. The van der Waals surface area contributed by atoms with Crippen LogP contribution in [0.2, 0.25) is 10.0 Å². The number of anilines is 1. The number of rotatable bonds is 1. The molecule has 21 heavy (non-hydrogen) atoms. The SMILES string of the molecule is N#Cc1c(F)cccc1-n1c(N)nc2cc(Cl)c(Cl)cc21. The zero-order chi connectivity index (χ0) is 15.1. The maximum atomic E-state index is 13.8. The van der Waals surface area contributed by atoms with Gasteiger partial charge in [-0.2, -0.15) is 5.26 Å². The Hall–Kier alpha value is -2.29. The highest BCUT2D eigenvalue weighted by molar-refractivity contribution is 6.42. The summed E-state index contributed by atoms with van der Waals surface area (Å²) in [5.41, 5.74) is 7.13. The Kier molecular flexibility index (Phi) is 3.20. The van der Waals surface area contributed by atoms with Gasteiger partial charge in [0.05, 0.1) is 26.8 Å². The van der Waals surface area contributed by atoms with Crippen LogP contribution < -0.4 is 5.73 Å². The van der Waals surface area contributed by atoms with Crippen molar-refractivity contribution in [1.82, 2.24) is 9.55 Å². The molecule has 0 aliphatic rings. The molecule has 3 aromatic rings. The molecule has 0 aliphatic carbocycles. The van der Waals surface area contributed by atoms with Gasteiger partial charge in [-0.1, -0.05) is 29.3 Å². The van der Waals surface area contributed by atoms with Crippen LogP contribution in [0.5, 0.6) is 0 Å². The van der Waals surface area contributed by atoms with E-state index in [0.29, 0.717) is 26.8 Å². The van der Waals surface area contributed by atoms with Crippen molar-refractivity contribution in [1.29, 1.82) is 5.26 Å². The van der Waals surface area contributed by atoms with Crippen LogP contribution >= 0.6 is 23.2 Å². The third kappa shape index (κ3) is 2.09. The summed E-state index contributed by atoms with van der Waals surface area (Å²) in [4.78, 5) is 4.16. The van der Waals surface area contributed by atoms with Gasteiger partial charge in [0.2, 0.25) is 5.95 Å². The van der Waals surface area contributed by atoms with Crippen molar-refractivity contribution in [2.45, 2.75) is 0 Å². The first-order chi connectivity index (χ1) is 10.0. The second-order valence-electron chi connectivity index (χ2n) is 4.31. The predicted octanol–water partition coefficient (Wildman–Crippen LogP) is 3.93. The third-order valence-corrected chi connectivity index (χ3v) is 3.79. The third-order valence-electron chi connectivity index (χ3n) is 3.07. The van der Waals surface area contributed by atoms with E-state index in [1.807, 2.05) is 6.07 Å². The minimum atomic E-state index is -0.628. The normalized spacial score (nSPS) is 10.8. The molecule has 0 spiro atoms. The largest absolute Gasteiger partial charge is 0.369 e. The fourth-order valence-electron chi connectivity index (χ4n) is 2.15. The van der Waals surface area contributed by atoms with Crippen LogP contribution in [-0.2, 0) is 0 Å². The summed E-state index contributed by atoms with van der Waals surface area (Å²) < 4.78 is 15.2. The monoisotopic (exact) mass is 320 g/mol. The van der Waals surface area contributed by atoms with Gasteiger partial charge in [0.25, 0.3) is 0 Å². The minimum Gasteiger partial charge on any atom is -0.369 e. The maximum absolute atomic E-state index is 13.8. The molecule has 0 amide bonds. The van der Waals surface area contributed by atoms with Gasteiger partial charge in [-0.3, -0.25) is 4.57 Å². The van der Waals surface area contributed by atoms with E-state index >= 15 is 0 Å². The maximum Gasteiger partial charge on any atom is 0.205 e. The number of hydrogen-bond acceptors (Lipinski definition) is 3. The van der Waals surface area contributed by atoms with Gasteiger partial charge in [0, 0.05) is 0 Å². The van der Waals surface area contributed by atoms with Crippen molar-refractivity contribution >= 4 is 40.2 Å². The second-order valence-corrected chi connectivity index (χ2v) is 5.12. The molecule has 3 rings (SSSR count). The standard InChI is InChI=1S/C14H7Cl2FN4/c15-8-4-11-13(5-9(8)16)21(14(19)20-11)12-3-1-2-10(17)7(12)6-18/h1-5H,(H2,19,20). The zero-order valence-corrected chi connectivity index (χ0v) is 12.0. The summed E-state index contributed by atoms with van der Waals surface area (Å²) >= 11 is 12.0. The molecule has 0 aliphatic heterocycles. The first-order valence-corrected chi connectivity index (χ1v) is 6.60. The minimum absolute atomic E-state index is 0.116. The number of imidazole rings is 1. The summed E-state index contributed by atoms with van der Waals surface area (Å²) in [7, 11) is 0. The van der Waals surface area contributed by atoms with E-state index in [-0.39, 0.29) is 11.5 Å². The van der Waals surface area contributed by atoms with Gasteiger partial charge < -0.3 is 5.73 Å². The quantitative estimate of drug-likeness (QED) is 0.738. The summed E-state index contributed by atoms with van der Waals surface area (Å²) in [6.07, 6.45) is 0. The lowest BCUT2D eigenvalue weighted by Gasteiger charge is -2.09. The topological polar surface area (TPSA) is 67.6 Å². The van der Waals surface area contributed by atoms with E-state index in [1.165, 1.54) is 16.7 Å². The molecule has 0 atom stereocenters. The molecule has 1 heterocycles. The number of nitrogens with zero attached hydrogens (tertiary/aromatic N) is 3. The molecule has 0 bridgehead atoms. The highest BCUT2D eigenvalue weighted by Gasteiger charge is 2.17. The van der Waals surface area contributed by atoms with E-state index in [1.54, 1.807) is 18.2 Å². The van der Waals surface area contributed by atoms with E-state index in [2.05, 4.69) is 4.98 Å². The van der Waals surface area contributed by atoms with Gasteiger partial charge in [0.1, 0.15) is 17.4 Å². The molecule has 0 fully saturated rings. The molecule has 0 saturated carbocycles. The molecule has 4 nitrogen and oxygen atoms in total. The van der Waals surface area contributed by atoms with Crippen LogP contribution in [0.3, 0.4) is 0 Å². The van der Waals surface area contributed by atoms with Crippen LogP contribution in [0.15, 0.2) is 30.3 Å². The van der Waals surface area contributed by atoms with Crippen LogP contribution in [-0.4, -0.2) is 9.55 Å². The average Bonchev–Trinajstić information content (AvgIpc) is 2.74. The van der Waals surface area contributed by atoms with Crippen molar-refractivity contribution in [3.8, 4) is 11.8 Å². The number of nitrogen functional groups attached to an aromatic ring is 1. The highest BCUT2D eigenvalue weighted by atomic mass is 35.5. The number of halogens is 3. The Morgan fingerprint density at radius 2 is 1.95 bits per heavy atom. The number of aromatic nitrogens is 2. The van der Waals surface area contributed by atoms with Crippen molar-refractivity contribution in [3.05, 3.63) is 51.8 Å². The Morgan fingerprint density at radius 1 is 1.24 bits per heavy atom. The number of nitriles is 1. The predicted molar refractivity (Wildman–Crippen MR) is 80.2 cm³/mol. The fraction of sp³-hybridized carbons (Fsp3) is 0. The van der Waals surface area contributed by atoms with Crippen LogP contribution in [0.1, 0.15) is 5.56 Å². The Balaban J connectivity index is 2.41. The fourth-order valence-corrected chi connectivity index (χ4v) is 2.47. The lowest BCUT2D eigenvalue weighted by molar-refractivity contribution is 0.623. The number of fused-ring (bicyclic) bond motifs is 1. The molecule has 1 aromatic heterocycles. The number of hydrogen-bond donors (Lipinski definition) is 1. The van der Waals surface area contributed by atoms with Crippen molar-refractivity contribution in [2.75, 3.05) is 5.73 Å². The van der Waals surface area contributed by atoms with Crippen molar-refractivity contribution < 1.29 is 4.39 Å². The summed E-state index contributed by atoms with van der Waals surface area (Å²) in [5, 5.41) is 9.81. The van der Waals surface area contributed by atoms with Crippen LogP contribution in [0, 0.1) is 17.1 Å². The van der Waals surface area contributed by atoms with Gasteiger partial charge in [-0.15, -0.1) is 0 Å². The van der Waals surface area contributed by atoms with Gasteiger partial charge in [-0.05, 0) is 24.3 Å². The molecule has 7 heteroatoms. The molecule has 2 N–H and O–H groups in total. The van der Waals surface area contributed by atoms with Gasteiger partial charge >= 0.3 is 0 Å².